The molecule has 0 aliphatic rings. The summed E-state index contributed by atoms with van der Waals surface area (Å²) < 4.78 is 0. The lowest BCUT2D eigenvalue weighted by Crippen LogP contribution is -2.14. The van der Waals surface area contributed by atoms with Crippen LogP contribution in [-0.2, 0) is 4.79 Å². The lowest BCUT2D eigenvalue weighted by Gasteiger charge is -2.07. The third-order valence-corrected chi connectivity index (χ3v) is 4.57. The average Bonchev–Trinajstić information content (AvgIpc) is 2.38. The number of halogens is 4. The summed E-state index contributed by atoms with van der Waals surface area (Å²) in [5.41, 5.74) is 0.551. The predicted octanol–water partition coefficient (Wildman–Crippen LogP) is 6.03. The molecule has 110 valence electrons. The summed E-state index contributed by atoms with van der Waals surface area (Å²) in [5, 5.41) is 4.78. The molecular formula is C14H9Cl4NOS. The second-order valence-electron chi connectivity index (χ2n) is 4.07. The number of nitrogens with one attached hydrogen (secondary N) is 1. The van der Waals surface area contributed by atoms with Crippen molar-refractivity contribution in [3.63, 3.8) is 0 Å². The Morgan fingerprint density at radius 2 is 1.62 bits per heavy atom. The number of hydrogen-bond donors (Lipinski definition) is 1. The lowest BCUT2D eigenvalue weighted by molar-refractivity contribution is -0.113. The number of benzene rings is 2. The van der Waals surface area contributed by atoms with E-state index in [-0.39, 0.29) is 11.7 Å². The first-order chi connectivity index (χ1) is 9.94. The maximum Gasteiger partial charge on any atom is 0.234 e. The van der Waals surface area contributed by atoms with E-state index in [1.54, 1.807) is 36.4 Å². The first-order valence-electron chi connectivity index (χ1n) is 5.78. The summed E-state index contributed by atoms with van der Waals surface area (Å²) >= 11 is 25.0. The Balaban J connectivity index is 1.97. The second-order valence-corrected chi connectivity index (χ2v) is 6.80. The van der Waals surface area contributed by atoms with E-state index in [4.69, 9.17) is 46.4 Å². The van der Waals surface area contributed by atoms with E-state index in [0.717, 1.165) is 4.90 Å². The molecule has 0 radical (unpaired) electrons. The molecule has 0 fully saturated rings. The van der Waals surface area contributed by atoms with Crippen LogP contribution < -0.4 is 5.32 Å². The van der Waals surface area contributed by atoms with Crippen molar-refractivity contribution < 1.29 is 4.79 Å². The fourth-order valence-electron chi connectivity index (χ4n) is 1.55. The lowest BCUT2D eigenvalue weighted by atomic mass is 10.3. The quantitative estimate of drug-likeness (QED) is 0.656. The van der Waals surface area contributed by atoms with Crippen LogP contribution in [0.1, 0.15) is 0 Å². The minimum absolute atomic E-state index is 0.186. The number of amides is 1. The zero-order chi connectivity index (χ0) is 15.4. The first kappa shape index (κ1) is 16.8. The topological polar surface area (TPSA) is 29.1 Å². The molecule has 0 saturated carbocycles. The van der Waals surface area contributed by atoms with Crippen LogP contribution in [0.3, 0.4) is 0 Å². The van der Waals surface area contributed by atoms with E-state index in [2.05, 4.69) is 5.32 Å². The molecule has 0 bridgehead atoms. The number of thioether (sulfide) groups is 1. The molecule has 0 atom stereocenters. The molecule has 0 aromatic heterocycles. The molecule has 1 N–H and O–H groups in total. The van der Waals surface area contributed by atoms with Gasteiger partial charge in [-0.15, -0.1) is 11.8 Å². The summed E-state index contributed by atoms with van der Waals surface area (Å²) in [5.74, 6) is 0.0128. The predicted molar refractivity (Wildman–Crippen MR) is 92.3 cm³/mol. The van der Waals surface area contributed by atoms with Gasteiger partial charge in [-0.25, -0.2) is 0 Å². The van der Waals surface area contributed by atoms with Crippen LogP contribution in [0.25, 0.3) is 0 Å². The van der Waals surface area contributed by atoms with Crippen molar-refractivity contribution in [3.05, 3.63) is 56.5 Å². The van der Waals surface area contributed by atoms with Gasteiger partial charge in [0.15, 0.2) is 0 Å². The first-order valence-corrected chi connectivity index (χ1v) is 8.27. The molecule has 0 spiro atoms. The molecule has 2 nitrogen and oxygen atoms in total. The van der Waals surface area contributed by atoms with Crippen molar-refractivity contribution in [1.29, 1.82) is 0 Å². The summed E-state index contributed by atoms with van der Waals surface area (Å²) in [6.45, 7) is 0. The molecule has 0 saturated heterocycles. The van der Waals surface area contributed by atoms with Crippen LogP contribution >= 0.6 is 58.2 Å². The van der Waals surface area contributed by atoms with E-state index < -0.39 is 0 Å². The molecule has 1 amide bonds. The van der Waals surface area contributed by atoms with E-state index in [1.807, 2.05) is 0 Å². The van der Waals surface area contributed by atoms with Gasteiger partial charge < -0.3 is 5.32 Å². The molecule has 2 rings (SSSR count). The zero-order valence-corrected chi connectivity index (χ0v) is 14.3. The number of carbonyl (C=O) groups excluding carboxylic acids is 1. The standard InChI is InChI=1S/C14H9Cl4NOS/c15-8-1-2-12(18)13(6-8)21-7-14(20)19-11-4-9(16)3-10(17)5-11/h1-6H,7H2,(H,19,20). The van der Waals surface area contributed by atoms with Crippen LogP contribution in [0, 0.1) is 0 Å². The van der Waals surface area contributed by atoms with Gasteiger partial charge in [0, 0.05) is 25.7 Å². The Kier molecular flexibility index (Phi) is 6.08. The van der Waals surface area contributed by atoms with Gasteiger partial charge in [0.05, 0.1) is 10.8 Å². The Hall–Kier alpha value is -0.580. The SMILES string of the molecule is O=C(CSc1cc(Cl)ccc1Cl)Nc1cc(Cl)cc(Cl)c1. The third kappa shape index (κ3) is 5.28. The monoisotopic (exact) mass is 379 g/mol. The van der Waals surface area contributed by atoms with Crippen LogP contribution in [-0.4, -0.2) is 11.7 Å². The van der Waals surface area contributed by atoms with E-state index in [1.165, 1.54) is 11.8 Å². The number of hydrogen-bond acceptors (Lipinski definition) is 2. The van der Waals surface area contributed by atoms with E-state index >= 15 is 0 Å². The maximum atomic E-state index is 11.9. The maximum absolute atomic E-state index is 11.9. The number of anilines is 1. The Bertz CT molecular complexity index is 658. The van der Waals surface area contributed by atoms with Crippen molar-refractivity contribution in [2.75, 3.05) is 11.1 Å². The normalized spacial score (nSPS) is 10.5. The largest absolute Gasteiger partial charge is 0.325 e. The second kappa shape index (κ2) is 7.61. The van der Waals surface area contributed by atoms with Gasteiger partial charge in [0.1, 0.15) is 0 Å². The molecule has 0 aliphatic heterocycles. The fraction of sp³-hybridized carbons (Fsp3) is 0.0714. The molecule has 2 aromatic carbocycles. The van der Waals surface area contributed by atoms with Gasteiger partial charge >= 0.3 is 0 Å². The molecule has 2 aromatic rings. The van der Waals surface area contributed by atoms with Gasteiger partial charge in [-0.05, 0) is 36.4 Å². The molecule has 0 unspecified atom stereocenters. The van der Waals surface area contributed by atoms with E-state index in [0.29, 0.717) is 25.8 Å². The molecule has 0 aliphatic carbocycles. The summed E-state index contributed by atoms with van der Waals surface area (Å²) in [4.78, 5) is 12.7. The molecule has 21 heavy (non-hydrogen) atoms. The minimum atomic E-state index is -0.186. The van der Waals surface area contributed by atoms with Gasteiger partial charge in [-0.2, -0.15) is 0 Å². The van der Waals surface area contributed by atoms with Gasteiger partial charge in [-0.3, -0.25) is 4.79 Å². The van der Waals surface area contributed by atoms with Gasteiger partial charge in [-0.1, -0.05) is 46.4 Å². The zero-order valence-electron chi connectivity index (χ0n) is 10.5. The van der Waals surface area contributed by atoms with Crippen molar-refractivity contribution in [2.24, 2.45) is 0 Å². The van der Waals surface area contributed by atoms with Crippen LogP contribution in [0.5, 0.6) is 0 Å². The van der Waals surface area contributed by atoms with Crippen LogP contribution in [0.15, 0.2) is 41.3 Å². The van der Waals surface area contributed by atoms with Crippen molar-refractivity contribution >= 4 is 69.8 Å². The van der Waals surface area contributed by atoms with Crippen LogP contribution in [0.2, 0.25) is 20.1 Å². The highest BCUT2D eigenvalue weighted by molar-refractivity contribution is 8.00. The Morgan fingerprint density at radius 1 is 0.952 bits per heavy atom. The minimum Gasteiger partial charge on any atom is -0.325 e. The highest BCUT2D eigenvalue weighted by Gasteiger charge is 2.08. The third-order valence-electron chi connectivity index (χ3n) is 2.40. The summed E-state index contributed by atoms with van der Waals surface area (Å²) in [6, 6.07) is 9.96. The highest BCUT2D eigenvalue weighted by Crippen LogP contribution is 2.30. The number of rotatable bonds is 4. The Morgan fingerprint density at radius 3 is 2.29 bits per heavy atom. The van der Waals surface area contributed by atoms with Crippen molar-refractivity contribution in [2.45, 2.75) is 4.90 Å². The van der Waals surface area contributed by atoms with Gasteiger partial charge in [0.25, 0.3) is 0 Å². The van der Waals surface area contributed by atoms with Gasteiger partial charge in [0.2, 0.25) is 5.91 Å². The number of carbonyl (C=O) groups is 1. The van der Waals surface area contributed by atoms with Crippen molar-refractivity contribution in [3.8, 4) is 0 Å². The van der Waals surface area contributed by atoms with Crippen LogP contribution in [0.4, 0.5) is 5.69 Å². The van der Waals surface area contributed by atoms with Crippen molar-refractivity contribution in [1.82, 2.24) is 0 Å². The Labute approximate surface area is 146 Å². The smallest absolute Gasteiger partial charge is 0.234 e. The molecule has 7 heteroatoms. The molecular weight excluding hydrogens is 372 g/mol. The highest BCUT2D eigenvalue weighted by atomic mass is 35.5. The summed E-state index contributed by atoms with van der Waals surface area (Å²) in [6.07, 6.45) is 0. The average molecular weight is 381 g/mol. The fourth-order valence-corrected chi connectivity index (χ4v) is 3.37. The van der Waals surface area contributed by atoms with E-state index in [9.17, 15) is 4.79 Å². The summed E-state index contributed by atoms with van der Waals surface area (Å²) in [7, 11) is 0. The molecule has 0 heterocycles.